The van der Waals surface area contributed by atoms with Crippen molar-refractivity contribution in [1.82, 2.24) is 4.90 Å². The van der Waals surface area contributed by atoms with Crippen LogP contribution in [0.4, 0.5) is 0 Å². The Morgan fingerprint density at radius 1 is 1.06 bits per heavy atom. The van der Waals surface area contributed by atoms with E-state index >= 15 is 0 Å². The van der Waals surface area contributed by atoms with E-state index in [2.05, 4.69) is 18.0 Å². The molecule has 0 radical (unpaired) electrons. The fourth-order valence-electron chi connectivity index (χ4n) is 5.03. The van der Waals surface area contributed by atoms with Gasteiger partial charge >= 0.3 is 0 Å². The highest BCUT2D eigenvalue weighted by atomic mass is 15.1. The van der Waals surface area contributed by atoms with Crippen LogP contribution < -0.4 is 0 Å². The van der Waals surface area contributed by atoms with Crippen molar-refractivity contribution in [2.45, 2.75) is 38.5 Å². The summed E-state index contributed by atoms with van der Waals surface area (Å²) in [6.07, 6.45) is 8.30. The molecule has 2 heteroatoms. The van der Waals surface area contributed by atoms with Gasteiger partial charge in [-0.05, 0) is 68.7 Å². The average Bonchev–Trinajstić information content (AvgIpc) is 2.30. The lowest BCUT2D eigenvalue weighted by atomic mass is 9.52. The zero-order valence-corrected chi connectivity index (χ0v) is 10.9. The zero-order valence-electron chi connectivity index (χ0n) is 10.9. The van der Waals surface area contributed by atoms with E-state index in [0.29, 0.717) is 6.42 Å². The molecule has 4 aliphatic carbocycles. The molecule has 0 N–H and O–H groups in total. The van der Waals surface area contributed by atoms with E-state index in [1.807, 2.05) is 0 Å². The van der Waals surface area contributed by atoms with Crippen LogP contribution in [-0.4, -0.2) is 25.0 Å². The minimum atomic E-state index is 0.684. The Labute approximate surface area is 105 Å². The number of nitriles is 1. The molecule has 4 aliphatic rings. The van der Waals surface area contributed by atoms with Gasteiger partial charge in [-0.2, -0.15) is 5.26 Å². The van der Waals surface area contributed by atoms with Crippen LogP contribution in [0.2, 0.25) is 0 Å². The number of nitrogens with zero attached hydrogens (tertiary/aromatic N) is 2. The van der Waals surface area contributed by atoms with Gasteiger partial charge in [0.15, 0.2) is 0 Å². The highest BCUT2D eigenvalue weighted by Crippen LogP contribution is 2.56. The zero-order chi connectivity index (χ0) is 11.8. The van der Waals surface area contributed by atoms with Gasteiger partial charge in [0.2, 0.25) is 0 Å². The first kappa shape index (κ1) is 11.5. The fraction of sp³-hybridized carbons (Fsp3) is 0.933. The van der Waals surface area contributed by atoms with Gasteiger partial charge < -0.3 is 4.90 Å². The Bertz CT molecular complexity index is 289. The number of rotatable bonds is 4. The molecule has 94 valence electrons. The molecule has 17 heavy (non-hydrogen) atoms. The Morgan fingerprint density at radius 2 is 1.65 bits per heavy atom. The molecule has 4 saturated carbocycles. The van der Waals surface area contributed by atoms with Gasteiger partial charge in [-0.25, -0.2) is 0 Å². The van der Waals surface area contributed by atoms with Crippen molar-refractivity contribution in [3.63, 3.8) is 0 Å². The van der Waals surface area contributed by atoms with Crippen LogP contribution in [0.1, 0.15) is 38.5 Å². The van der Waals surface area contributed by atoms with E-state index in [-0.39, 0.29) is 0 Å². The van der Waals surface area contributed by atoms with E-state index < -0.39 is 0 Å². The molecular formula is C15H24N2. The van der Waals surface area contributed by atoms with Crippen molar-refractivity contribution in [2.24, 2.45) is 29.6 Å². The summed E-state index contributed by atoms with van der Waals surface area (Å²) < 4.78 is 0. The van der Waals surface area contributed by atoms with Crippen LogP contribution in [-0.2, 0) is 0 Å². The van der Waals surface area contributed by atoms with Crippen LogP contribution >= 0.6 is 0 Å². The first-order chi connectivity index (χ1) is 8.26. The lowest BCUT2D eigenvalue weighted by molar-refractivity contribution is -0.0464. The third kappa shape index (κ3) is 2.22. The van der Waals surface area contributed by atoms with Crippen LogP contribution in [0.3, 0.4) is 0 Å². The summed E-state index contributed by atoms with van der Waals surface area (Å²) >= 11 is 0. The second kappa shape index (κ2) is 4.61. The fourth-order valence-corrected chi connectivity index (χ4v) is 5.03. The molecular weight excluding hydrogens is 208 g/mol. The standard InChI is InChI=1S/C15H24N2/c1-17(4-2-3-16)10-15-13-6-11-5-12(8-13)9-14(15)7-11/h11-15H,2,4-10H2,1H3. The van der Waals surface area contributed by atoms with E-state index in [1.54, 1.807) is 6.42 Å². The number of hydrogen-bond acceptors (Lipinski definition) is 2. The van der Waals surface area contributed by atoms with Crippen LogP contribution in [0, 0.1) is 40.9 Å². The molecule has 0 unspecified atom stereocenters. The lowest BCUT2D eigenvalue weighted by Crippen LogP contribution is -2.48. The third-order valence-electron chi connectivity index (χ3n) is 5.55. The highest BCUT2D eigenvalue weighted by molar-refractivity contribution is 4.98. The summed E-state index contributed by atoms with van der Waals surface area (Å²) in [6.45, 7) is 2.20. The Hall–Kier alpha value is -0.550. The SMILES string of the molecule is CN(CCC#N)CC1C2CC3CC(C2)CC1C3. The molecule has 0 heterocycles. The molecule has 0 atom stereocenters. The summed E-state index contributed by atoms with van der Waals surface area (Å²) in [5.41, 5.74) is 0. The maximum Gasteiger partial charge on any atom is 0.0635 e. The molecule has 4 bridgehead atoms. The highest BCUT2D eigenvalue weighted by Gasteiger charge is 2.47. The predicted octanol–water partition coefficient (Wildman–Crippen LogP) is 2.90. The molecule has 0 saturated heterocycles. The summed E-state index contributed by atoms with van der Waals surface area (Å²) in [4.78, 5) is 2.40. The number of hydrogen-bond donors (Lipinski definition) is 0. The normalized spacial score (nSPS) is 43.0. The van der Waals surface area contributed by atoms with Gasteiger partial charge in [0, 0.05) is 19.5 Å². The molecule has 0 aromatic heterocycles. The Morgan fingerprint density at radius 3 is 2.18 bits per heavy atom. The molecule has 0 aliphatic heterocycles. The van der Waals surface area contributed by atoms with Crippen molar-refractivity contribution in [2.75, 3.05) is 20.1 Å². The van der Waals surface area contributed by atoms with Crippen LogP contribution in [0.15, 0.2) is 0 Å². The molecule has 4 fully saturated rings. The summed E-state index contributed by atoms with van der Waals surface area (Å²) in [7, 11) is 2.20. The topological polar surface area (TPSA) is 27.0 Å². The predicted molar refractivity (Wildman–Crippen MR) is 68.3 cm³/mol. The van der Waals surface area contributed by atoms with Gasteiger partial charge in [-0.1, -0.05) is 0 Å². The average molecular weight is 232 g/mol. The second-order valence-electron chi connectivity index (χ2n) is 6.76. The Balaban J connectivity index is 1.59. The largest absolute Gasteiger partial charge is 0.305 e. The lowest BCUT2D eigenvalue weighted by Gasteiger charge is -2.55. The molecule has 4 rings (SSSR count). The van der Waals surface area contributed by atoms with Crippen molar-refractivity contribution in [3.05, 3.63) is 0 Å². The second-order valence-corrected chi connectivity index (χ2v) is 6.76. The molecule has 2 nitrogen and oxygen atoms in total. The molecule has 0 aromatic carbocycles. The maximum atomic E-state index is 8.65. The van der Waals surface area contributed by atoms with Gasteiger partial charge in [0.25, 0.3) is 0 Å². The third-order valence-corrected chi connectivity index (χ3v) is 5.55. The Kier molecular flexibility index (Phi) is 3.13. The minimum absolute atomic E-state index is 0.684. The van der Waals surface area contributed by atoms with Crippen molar-refractivity contribution >= 4 is 0 Å². The van der Waals surface area contributed by atoms with Crippen molar-refractivity contribution < 1.29 is 0 Å². The summed E-state index contributed by atoms with van der Waals surface area (Å²) in [5, 5.41) is 8.65. The first-order valence-electron chi connectivity index (χ1n) is 7.31. The summed E-state index contributed by atoms with van der Waals surface area (Å²) in [6, 6.07) is 2.26. The van der Waals surface area contributed by atoms with Crippen LogP contribution in [0.5, 0.6) is 0 Å². The van der Waals surface area contributed by atoms with Gasteiger partial charge in [-0.3, -0.25) is 0 Å². The maximum absolute atomic E-state index is 8.65. The molecule has 0 spiro atoms. The van der Waals surface area contributed by atoms with E-state index in [1.165, 1.54) is 32.2 Å². The van der Waals surface area contributed by atoms with E-state index in [9.17, 15) is 0 Å². The van der Waals surface area contributed by atoms with E-state index in [4.69, 9.17) is 5.26 Å². The first-order valence-corrected chi connectivity index (χ1v) is 7.31. The van der Waals surface area contributed by atoms with Gasteiger partial charge in [0.05, 0.1) is 6.07 Å². The van der Waals surface area contributed by atoms with E-state index in [0.717, 1.165) is 36.1 Å². The monoisotopic (exact) mass is 232 g/mol. The van der Waals surface area contributed by atoms with Gasteiger partial charge in [0.1, 0.15) is 0 Å². The van der Waals surface area contributed by atoms with Gasteiger partial charge in [-0.15, -0.1) is 0 Å². The molecule has 0 amide bonds. The van der Waals surface area contributed by atoms with Crippen molar-refractivity contribution in [1.29, 1.82) is 5.26 Å². The minimum Gasteiger partial charge on any atom is -0.305 e. The van der Waals surface area contributed by atoms with Crippen molar-refractivity contribution in [3.8, 4) is 6.07 Å². The molecule has 0 aromatic rings. The van der Waals surface area contributed by atoms with Crippen LogP contribution in [0.25, 0.3) is 0 Å². The quantitative estimate of drug-likeness (QED) is 0.745. The smallest absolute Gasteiger partial charge is 0.0635 e. The summed E-state index contributed by atoms with van der Waals surface area (Å²) in [5.74, 6) is 5.16.